The molecule has 2 rings (SSSR count). The van der Waals surface area contributed by atoms with Gasteiger partial charge in [-0.2, -0.15) is 0 Å². The molecule has 1 aliphatic heterocycles. The van der Waals surface area contributed by atoms with Gasteiger partial charge in [0.1, 0.15) is 0 Å². The summed E-state index contributed by atoms with van der Waals surface area (Å²) in [4.78, 5) is 2.30. The lowest BCUT2D eigenvalue weighted by Crippen LogP contribution is -2.36. The van der Waals surface area contributed by atoms with Crippen LogP contribution in [0.1, 0.15) is 31.9 Å². The van der Waals surface area contributed by atoms with Gasteiger partial charge < -0.3 is 10.0 Å². The summed E-state index contributed by atoms with van der Waals surface area (Å²) in [5, 5.41) is 9.39. The van der Waals surface area contributed by atoms with E-state index in [2.05, 4.69) is 38.8 Å². The van der Waals surface area contributed by atoms with Crippen LogP contribution in [0.25, 0.3) is 0 Å². The molecule has 82 valence electrons. The molecule has 1 N–H and O–H groups in total. The molecule has 1 aliphatic rings. The molecule has 0 saturated heterocycles. The maximum atomic E-state index is 9.39. The predicted molar refractivity (Wildman–Crippen MR) is 63.3 cm³/mol. The summed E-state index contributed by atoms with van der Waals surface area (Å²) >= 11 is 0. The third kappa shape index (κ3) is 1.28. The molecule has 1 atom stereocenters. The molecule has 0 spiro atoms. The van der Waals surface area contributed by atoms with Crippen molar-refractivity contribution in [2.24, 2.45) is 0 Å². The summed E-state index contributed by atoms with van der Waals surface area (Å²) < 4.78 is 0. The van der Waals surface area contributed by atoms with E-state index in [0.717, 1.165) is 5.56 Å². The highest BCUT2D eigenvalue weighted by molar-refractivity contribution is 5.65. The van der Waals surface area contributed by atoms with Crippen molar-refractivity contribution in [3.05, 3.63) is 29.3 Å². The first-order valence-electron chi connectivity index (χ1n) is 5.46. The number of benzene rings is 1. The molecule has 0 aromatic heterocycles. The third-order valence-electron chi connectivity index (χ3n) is 3.95. The van der Waals surface area contributed by atoms with Crippen molar-refractivity contribution in [1.82, 2.24) is 0 Å². The van der Waals surface area contributed by atoms with Gasteiger partial charge in [0.25, 0.3) is 0 Å². The second-order valence-corrected chi connectivity index (χ2v) is 4.98. The van der Waals surface area contributed by atoms with E-state index in [9.17, 15) is 5.11 Å². The second-order valence-electron chi connectivity index (χ2n) is 4.98. The van der Waals surface area contributed by atoms with Crippen molar-refractivity contribution in [3.8, 4) is 0 Å². The number of aliphatic hydroxyl groups excluding tert-OH is 1. The summed E-state index contributed by atoms with van der Waals surface area (Å²) in [5.41, 5.74) is 3.75. The van der Waals surface area contributed by atoms with E-state index in [1.54, 1.807) is 0 Å². The summed E-state index contributed by atoms with van der Waals surface area (Å²) in [5.74, 6) is 0. The molecule has 1 aromatic carbocycles. The molecule has 1 heterocycles. The Morgan fingerprint density at radius 1 is 1.40 bits per heavy atom. The van der Waals surface area contributed by atoms with Crippen LogP contribution in [-0.4, -0.2) is 18.2 Å². The topological polar surface area (TPSA) is 23.5 Å². The van der Waals surface area contributed by atoms with Crippen LogP contribution in [0.5, 0.6) is 0 Å². The van der Waals surface area contributed by atoms with Gasteiger partial charge in [-0.05, 0) is 24.1 Å². The lowest BCUT2D eigenvalue weighted by Gasteiger charge is -2.29. The zero-order valence-electron chi connectivity index (χ0n) is 9.91. The van der Waals surface area contributed by atoms with Crippen molar-refractivity contribution >= 4 is 5.69 Å². The van der Waals surface area contributed by atoms with Gasteiger partial charge in [0, 0.05) is 24.2 Å². The molecule has 0 saturated carbocycles. The fourth-order valence-electron chi connectivity index (χ4n) is 2.66. The number of aliphatic hydroxyl groups is 1. The molecule has 0 unspecified atom stereocenters. The summed E-state index contributed by atoms with van der Waals surface area (Å²) in [6.07, 6.45) is 0. The number of hydrogen-bond acceptors (Lipinski definition) is 2. The Morgan fingerprint density at radius 2 is 2.07 bits per heavy atom. The van der Waals surface area contributed by atoms with Gasteiger partial charge in [-0.25, -0.2) is 0 Å². The predicted octanol–water partition coefficient (Wildman–Crippen LogP) is 2.29. The highest BCUT2D eigenvalue weighted by Crippen LogP contribution is 2.45. The molecular weight excluding hydrogens is 186 g/mol. The number of anilines is 1. The minimum Gasteiger partial charge on any atom is -0.392 e. The van der Waals surface area contributed by atoms with E-state index in [0.29, 0.717) is 6.04 Å². The van der Waals surface area contributed by atoms with Crippen LogP contribution >= 0.6 is 0 Å². The molecule has 2 nitrogen and oxygen atoms in total. The molecule has 0 radical (unpaired) electrons. The van der Waals surface area contributed by atoms with Crippen molar-refractivity contribution < 1.29 is 5.11 Å². The van der Waals surface area contributed by atoms with Gasteiger partial charge in [0.05, 0.1) is 6.61 Å². The standard InChI is InChI=1S/C13H19NO/c1-9-13(2,3)12-10(8-15)6-5-7-11(12)14(9)4/h5-7,9,15H,8H2,1-4H3/t9-/m1/s1. The Hall–Kier alpha value is -1.02. The molecule has 2 heteroatoms. The highest BCUT2D eigenvalue weighted by Gasteiger charge is 2.41. The summed E-state index contributed by atoms with van der Waals surface area (Å²) in [6, 6.07) is 6.65. The first-order chi connectivity index (χ1) is 7.00. The van der Waals surface area contributed by atoms with Crippen LogP contribution < -0.4 is 4.90 Å². The highest BCUT2D eigenvalue weighted by atomic mass is 16.3. The maximum Gasteiger partial charge on any atom is 0.0685 e. The van der Waals surface area contributed by atoms with Crippen molar-refractivity contribution in [2.45, 2.75) is 38.8 Å². The van der Waals surface area contributed by atoms with Crippen molar-refractivity contribution in [2.75, 3.05) is 11.9 Å². The van der Waals surface area contributed by atoms with E-state index >= 15 is 0 Å². The number of hydrogen-bond donors (Lipinski definition) is 1. The van der Waals surface area contributed by atoms with Gasteiger partial charge in [-0.1, -0.05) is 26.0 Å². The number of rotatable bonds is 1. The smallest absolute Gasteiger partial charge is 0.0685 e. The van der Waals surface area contributed by atoms with Crippen molar-refractivity contribution in [1.29, 1.82) is 0 Å². The Morgan fingerprint density at radius 3 is 2.67 bits per heavy atom. The van der Waals surface area contributed by atoms with E-state index < -0.39 is 0 Å². The quantitative estimate of drug-likeness (QED) is 0.760. The van der Waals surface area contributed by atoms with E-state index in [1.165, 1.54) is 11.3 Å². The molecule has 0 bridgehead atoms. The molecule has 15 heavy (non-hydrogen) atoms. The van der Waals surface area contributed by atoms with Crippen LogP contribution in [0.15, 0.2) is 18.2 Å². The summed E-state index contributed by atoms with van der Waals surface area (Å²) in [6.45, 7) is 6.87. The van der Waals surface area contributed by atoms with Crippen molar-refractivity contribution in [3.63, 3.8) is 0 Å². The number of nitrogens with zero attached hydrogens (tertiary/aromatic N) is 1. The number of fused-ring (bicyclic) bond motifs is 1. The van der Waals surface area contributed by atoms with E-state index in [-0.39, 0.29) is 12.0 Å². The third-order valence-corrected chi connectivity index (χ3v) is 3.95. The van der Waals surface area contributed by atoms with Crippen LogP contribution in [0.2, 0.25) is 0 Å². The lowest BCUT2D eigenvalue weighted by atomic mass is 9.79. The minimum absolute atomic E-state index is 0.114. The fourth-order valence-corrected chi connectivity index (χ4v) is 2.66. The van der Waals surface area contributed by atoms with Gasteiger partial charge in [0.15, 0.2) is 0 Å². The van der Waals surface area contributed by atoms with Gasteiger partial charge >= 0.3 is 0 Å². The average molecular weight is 205 g/mol. The van der Waals surface area contributed by atoms with Gasteiger partial charge in [0.2, 0.25) is 0 Å². The second kappa shape index (κ2) is 3.24. The Bertz CT molecular complexity index is 384. The Labute approximate surface area is 91.5 Å². The normalized spacial score (nSPS) is 23.0. The zero-order valence-corrected chi connectivity index (χ0v) is 9.91. The molecule has 0 amide bonds. The van der Waals surface area contributed by atoms with Crippen LogP contribution in [0.4, 0.5) is 5.69 Å². The summed E-state index contributed by atoms with van der Waals surface area (Å²) in [7, 11) is 2.12. The van der Waals surface area contributed by atoms with E-state index in [1.807, 2.05) is 12.1 Å². The largest absolute Gasteiger partial charge is 0.392 e. The number of likely N-dealkylation sites (N-methyl/N-ethyl adjacent to an activating group) is 1. The van der Waals surface area contributed by atoms with Crippen LogP contribution in [0, 0.1) is 0 Å². The van der Waals surface area contributed by atoms with Crippen LogP contribution in [0.3, 0.4) is 0 Å². The first kappa shape index (κ1) is 10.5. The maximum absolute atomic E-state index is 9.39. The zero-order chi connectivity index (χ0) is 11.2. The first-order valence-corrected chi connectivity index (χ1v) is 5.46. The van der Waals surface area contributed by atoms with E-state index in [4.69, 9.17) is 0 Å². The average Bonchev–Trinajstić information content (AvgIpc) is 2.41. The van der Waals surface area contributed by atoms with Crippen LogP contribution in [-0.2, 0) is 12.0 Å². The lowest BCUT2D eigenvalue weighted by molar-refractivity contribution is 0.278. The fraction of sp³-hybridized carbons (Fsp3) is 0.538. The molecule has 0 fully saturated rings. The molecule has 0 aliphatic carbocycles. The Kier molecular flexibility index (Phi) is 2.27. The molecular formula is C13H19NO. The molecule has 1 aromatic rings. The minimum atomic E-state index is 0.114. The Balaban J connectivity index is 2.66. The van der Waals surface area contributed by atoms with Gasteiger partial charge in [-0.3, -0.25) is 0 Å². The monoisotopic (exact) mass is 205 g/mol. The SMILES string of the molecule is C[C@H]1N(C)c2cccc(CO)c2C1(C)C. The van der Waals surface area contributed by atoms with Gasteiger partial charge in [-0.15, -0.1) is 0 Å².